The Kier molecular flexibility index (Phi) is 2.07. The van der Waals surface area contributed by atoms with Gasteiger partial charge in [0.15, 0.2) is 17.2 Å². The fraction of sp³-hybridized carbons (Fsp3) is 0.0769. The highest BCUT2D eigenvalue weighted by molar-refractivity contribution is 6.01. The number of fused-ring (bicyclic) bond motifs is 3. The van der Waals surface area contributed by atoms with Gasteiger partial charge in [0.2, 0.25) is 0 Å². The van der Waals surface area contributed by atoms with Crippen LogP contribution in [0, 0.1) is 0 Å². The van der Waals surface area contributed by atoms with Gasteiger partial charge in [0.1, 0.15) is 5.82 Å². The average Bonchev–Trinajstić information content (AvgIpc) is 3.05. The molecule has 2 aliphatic heterocycles. The number of imidazole rings is 1. The molecule has 0 aliphatic carbocycles. The third-order valence-electron chi connectivity index (χ3n) is 3.38. The third-order valence-corrected chi connectivity index (χ3v) is 3.38. The minimum Gasteiger partial charge on any atom is -0.367 e. The lowest BCUT2D eigenvalue weighted by atomic mass is 10.0. The van der Waals surface area contributed by atoms with Crippen molar-refractivity contribution in [3.8, 4) is 0 Å². The summed E-state index contributed by atoms with van der Waals surface area (Å²) in [6.45, 7) is 0. The van der Waals surface area contributed by atoms with Crippen LogP contribution in [0.2, 0.25) is 0 Å². The first-order valence-corrected chi connectivity index (χ1v) is 6.11. The fourth-order valence-electron chi connectivity index (χ4n) is 2.43. The molecule has 1 aromatic heterocycles. The van der Waals surface area contributed by atoms with E-state index in [1.165, 1.54) is 6.33 Å². The van der Waals surface area contributed by atoms with Crippen molar-refractivity contribution in [1.82, 2.24) is 20.7 Å². The van der Waals surface area contributed by atoms with Gasteiger partial charge >= 0.3 is 0 Å². The zero-order chi connectivity index (χ0) is 13.7. The summed E-state index contributed by atoms with van der Waals surface area (Å²) < 4.78 is 0. The van der Waals surface area contributed by atoms with E-state index in [0.29, 0.717) is 22.9 Å². The number of benzene rings is 1. The largest absolute Gasteiger partial charge is 0.367 e. The molecule has 2 aliphatic rings. The minimum atomic E-state index is -1.38. The Morgan fingerprint density at radius 1 is 1.25 bits per heavy atom. The number of nitrogens with zero attached hydrogens (tertiary/aromatic N) is 2. The fourth-order valence-corrected chi connectivity index (χ4v) is 2.43. The van der Waals surface area contributed by atoms with Gasteiger partial charge in [-0.15, -0.1) is 0 Å². The SMILES string of the molecule is O=C1NC2=C[C@@](O)(c3ccccc3)NN2c2nc[nH]c21. The van der Waals surface area contributed by atoms with Crippen molar-refractivity contribution in [2.45, 2.75) is 5.72 Å². The number of nitrogens with one attached hydrogen (secondary N) is 3. The summed E-state index contributed by atoms with van der Waals surface area (Å²) in [4.78, 5) is 18.8. The summed E-state index contributed by atoms with van der Waals surface area (Å²) in [5.74, 6) is 0.618. The smallest absolute Gasteiger partial charge is 0.277 e. The number of aromatic nitrogens is 2. The van der Waals surface area contributed by atoms with Crippen molar-refractivity contribution in [2.75, 3.05) is 5.01 Å². The number of H-pyrrole nitrogens is 1. The normalized spacial score (nSPS) is 23.9. The number of carbonyl (C=O) groups is 1. The van der Waals surface area contributed by atoms with Crippen LogP contribution in [0.25, 0.3) is 0 Å². The van der Waals surface area contributed by atoms with Crippen LogP contribution < -0.4 is 15.8 Å². The van der Waals surface area contributed by atoms with Crippen LogP contribution in [0.3, 0.4) is 0 Å². The quantitative estimate of drug-likeness (QED) is 0.592. The van der Waals surface area contributed by atoms with Crippen LogP contribution >= 0.6 is 0 Å². The molecule has 1 aromatic carbocycles. The Morgan fingerprint density at radius 2 is 2.05 bits per heavy atom. The van der Waals surface area contributed by atoms with E-state index >= 15 is 0 Å². The van der Waals surface area contributed by atoms with Gasteiger partial charge in [0.05, 0.1) is 6.33 Å². The zero-order valence-corrected chi connectivity index (χ0v) is 10.3. The summed E-state index contributed by atoms with van der Waals surface area (Å²) in [6, 6.07) is 9.15. The highest BCUT2D eigenvalue weighted by Crippen LogP contribution is 2.33. The molecule has 0 saturated carbocycles. The standard InChI is InChI=1S/C13H11N5O2/c19-12-10-11(15-7-14-10)18-9(16-12)6-13(20,17-18)8-4-2-1-3-5-8/h1-7,17,20H,(H,14,15)(H,16,19)/t13-/m1/s1. The first-order valence-electron chi connectivity index (χ1n) is 6.11. The molecule has 0 radical (unpaired) electrons. The van der Waals surface area contributed by atoms with Crippen molar-refractivity contribution in [1.29, 1.82) is 0 Å². The van der Waals surface area contributed by atoms with E-state index in [1.807, 2.05) is 18.2 Å². The molecule has 0 unspecified atom stereocenters. The summed E-state index contributed by atoms with van der Waals surface area (Å²) in [7, 11) is 0. The van der Waals surface area contributed by atoms with Crippen molar-refractivity contribution < 1.29 is 9.90 Å². The molecule has 0 fully saturated rings. The highest BCUT2D eigenvalue weighted by atomic mass is 16.3. The van der Waals surface area contributed by atoms with Gasteiger partial charge in [-0.25, -0.2) is 9.99 Å². The number of anilines is 1. The number of hydrazine groups is 1. The molecule has 7 nitrogen and oxygen atoms in total. The molecule has 1 amide bonds. The molecule has 4 N–H and O–H groups in total. The summed E-state index contributed by atoms with van der Waals surface area (Å²) >= 11 is 0. The number of aliphatic hydroxyl groups is 1. The Balaban J connectivity index is 1.80. The molecule has 100 valence electrons. The lowest BCUT2D eigenvalue weighted by Crippen LogP contribution is -2.49. The minimum absolute atomic E-state index is 0.279. The molecule has 0 spiro atoms. The number of hydrogen-bond donors (Lipinski definition) is 4. The van der Waals surface area contributed by atoms with E-state index in [-0.39, 0.29) is 5.91 Å². The average molecular weight is 269 g/mol. The summed E-state index contributed by atoms with van der Waals surface area (Å²) in [5, 5.41) is 15.0. The van der Waals surface area contributed by atoms with Crippen molar-refractivity contribution >= 4 is 11.7 Å². The highest BCUT2D eigenvalue weighted by Gasteiger charge is 2.42. The lowest BCUT2D eigenvalue weighted by molar-refractivity contribution is 0.0606. The molecule has 4 rings (SSSR count). The second kappa shape index (κ2) is 3.69. The Bertz CT molecular complexity index is 723. The number of amides is 1. The second-order valence-electron chi connectivity index (χ2n) is 4.66. The predicted molar refractivity (Wildman–Crippen MR) is 70.1 cm³/mol. The van der Waals surface area contributed by atoms with Gasteiger partial charge < -0.3 is 15.4 Å². The number of aromatic amines is 1. The molecule has 1 atom stereocenters. The van der Waals surface area contributed by atoms with E-state index in [9.17, 15) is 9.90 Å². The van der Waals surface area contributed by atoms with E-state index in [2.05, 4.69) is 20.7 Å². The van der Waals surface area contributed by atoms with E-state index in [0.717, 1.165) is 0 Å². The van der Waals surface area contributed by atoms with E-state index < -0.39 is 5.72 Å². The lowest BCUT2D eigenvalue weighted by Gasteiger charge is -2.28. The van der Waals surface area contributed by atoms with Gasteiger partial charge in [-0.2, -0.15) is 5.43 Å². The molecule has 20 heavy (non-hydrogen) atoms. The van der Waals surface area contributed by atoms with Crippen molar-refractivity contribution in [2.24, 2.45) is 0 Å². The van der Waals surface area contributed by atoms with Crippen LogP contribution in [-0.2, 0) is 5.72 Å². The van der Waals surface area contributed by atoms with Gasteiger partial charge in [-0.1, -0.05) is 30.3 Å². The monoisotopic (exact) mass is 269 g/mol. The molecule has 0 saturated heterocycles. The van der Waals surface area contributed by atoms with Gasteiger partial charge in [-0.3, -0.25) is 4.79 Å². The zero-order valence-electron chi connectivity index (χ0n) is 10.3. The molecule has 3 heterocycles. The van der Waals surface area contributed by atoms with Gasteiger partial charge in [0.25, 0.3) is 5.91 Å². The van der Waals surface area contributed by atoms with E-state index in [1.54, 1.807) is 23.2 Å². The Hall–Kier alpha value is -2.64. The summed E-state index contributed by atoms with van der Waals surface area (Å²) in [5.41, 5.74) is 2.59. The number of hydrogen-bond acceptors (Lipinski definition) is 5. The third kappa shape index (κ3) is 1.41. The van der Waals surface area contributed by atoms with Crippen LogP contribution in [0.5, 0.6) is 0 Å². The number of carbonyl (C=O) groups excluding carboxylic acids is 1. The molecule has 0 bridgehead atoms. The van der Waals surface area contributed by atoms with Gasteiger partial charge in [0, 0.05) is 11.6 Å². The maximum Gasteiger partial charge on any atom is 0.277 e. The maximum absolute atomic E-state index is 11.9. The first-order chi connectivity index (χ1) is 9.67. The molecular weight excluding hydrogens is 258 g/mol. The van der Waals surface area contributed by atoms with Crippen molar-refractivity contribution in [3.63, 3.8) is 0 Å². The molecular formula is C13H11N5O2. The molecule has 7 heteroatoms. The van der Waals surface area contributed by atoms with Crippen LogP contribution in [0.15, 0.2) is 48.6 Å². The molecule has 2 aromatic rings. The number of rotatable bonds is 1. The Labute approximate surface area is 113 Å². The predicted octanol–water partition coefficient (Wildman–Crippen LogP) is 0.164. The maximum atomic E-state index is 11.9. The van der Waals surface area contributed by atoms with E-state index in [4.69, 9.17) is 0 Å². The second-order valence-corrected chi connectivity index (χ2v) is 4.66. The van der Waals surface area contributed by atoms with Crippen LogP contribution in [0.4, 0.5) is 5.82 Å². The van der Waals surface area contributed by atoms with Crippen LogP contribution in [0.1, 0.15) is 16.1 Å². The van der Waals surface area contributed by atoms with Crippen molar-refractivity contribution in [3.05, 3.63) is 59.8 Å². The topological polar surface area (TPSA) is 93.3 Å². The van der Waals surface area contributed by atoms with Gasteiger partial charge in [-0.05, 0) is 0 Å². The summed E-state index contributed by atoms with van der Waals surface area (Å²) in [6.07, 6.45) is 2.99. The van der Waals surface area contributed by atoms with Crippen LogP contribution in [-0.4, -0.2) is 21.0 Å². The Morgan fingerprint density at radius 3 is 2.85 bits per heavy atom. The first kappa shape index (κ1) is 11.2.